The average molecular weight is 404 g/mol. The van der Waals surface area contributed by atoms with E-state index in [1.165, 1.54) is 18.9 Å². The predicted molar refractivity (Wildman–Crippen MR) is 110 cm³/mol. The Morgan fingerprint density at radius 1 is 1.41 bits per heavy atom. The largest absolute Gasteiger partial charge is 0.495 e. The van der Waals surface area contributed by atoms with Crippen LogP contribution in [0.5, 0.6) is 5.75 Å². The molecule has 0 fully saturated rings. The van der Waals surface area contributed by atoms with Gasteiger partial charge in [0, 0.05) is 10.7 Å². The van der Waals surface area contributed by atoms with E-state index in [0.717, 1.165) is 25.0 Å². The second-order valence-electron chi connectivity index (χ2n) is 5.96. The van der Waals surface area contributed by atoms with Gasteiger partial charge in [-0.25, -0.2) is 4.98 Å². The van der Waals surface area contributed by atoms with Crippen molar-refractivity contribution in [2.75, 3.05) is 12.4 Å². The third kappa shape index (κ3) is 5.88. The van der Waals surface area contributed by atoms with Crippen LogP contribution in [0.25, 0.3) is 0 Å². The molecule has 1 N–H and O–H groups in total. The van der Waals surface area contributed by atoms with Crippen LogP contribution in [-0.2, 0) is 11.2 Å². The first-order chi connectivity index (χ1) is 13.0. The van der Waals surface area contributed by atoms with Gasteiger partial charge in [0.05, 0.1) is 23.6 Å². The number of unbranched alkanes of at least 4 members (excludes halogenated alkanes) is 1. The van der Waals surface area contributed by atoms with Gasteiger partial charge in [0.1, 0.15) is 16.8 Å². The molecule has 1 aromatic carbocycles. The third-order valence-electron chi connectivity index (χ3n) is 3.90. The molecule has 0 aliphatic rings. The van der Waals surface area contributed by atoms with Crippen molar-refractivity contribution in [1.29, 1.82) is 5.26 Å². The number of methoxy groups -OCH3 is 1. The second kappa shape index (κ2) is 10.2. The summed E-state index contributed by atoms with van der Waals surface area (Å²) in [6.07, 6.45) is 2.97. The van der Waals surface area contributed by atoms with Crippen molar-refractivity contribution in [1.82, 2.24) is 4.98 Å². The van der Waals surface area contributed by atoms with Gasteiger partial charge in [-0.1, -0.05) is 36.7 Å². The standard InChI is InChI=1S/C20H22ClN3O2S/c1-4-5-6-16-9-7-14(12-22)20(23-16)27-13(2)19(25)24-17-11-15(21)8-10-18(17)26-3/h7-11,13H,4-6H2,1-3H3,(H,24,25). The molecule has 142 valence electrons. The number of carbonyl (C=O) groups is 1. The maximum Gasteiger partial charge on any atom is 0.237 e. The van der Waals surface area contributed by atoms with E-state index in [1.807, 2.05) is 6.07 Å². The van der Waals surface area contributed by atoms with Gasteiger partial charge in [0.25, 0.3) is 0 Å². The van der Waals surface area contributed by atoms with Crippen molar-refractivity contribution < 1.29 is 9.53 Å². The number of amides is 1. The van der Waals surface area contributed by atoms with Crippen LogP contribution in [0.2, 0.25) is 5.02 Å². The van der Waals surface area contributed by atoms with Gasteiger partial charge in [-0.3, -0.25) is 4.79 Å². The molecule has 1 aromatic heterocycles. The molecule has 27 heavy (non-hydrogen) atoms. The fourth-order valence-corrected chi connectivity index (χ4v) is 3.47. The van der Waals surface area contributed by atoms with Crippen LogP contribution in [0.4, 0.5) is 5.69 Å². The molecule has 0 aliphatic heterocycles. The Kier molecular flexibility index (Phi) is 7.96. The summed E-state index contributed by atoms with van der Waals surface area (Å²) in [5, 5.41) is 12.8. The van der Waals surface area contributed by atoms with Gasteiger partial charge in [-0.05, 0) is 50.1 Å². The molecule has 2 rings (SSSR count). The molecule has 0 bridgehead atoms. The number of nitrogens with one attached hydrogen (secondary N) is 1. The molecule has 0 saturated heterocycles. The molecule has 1 amide bonds. The number of nitriles is 1. The number of pyridine rings is 1. The first-order valence-corrected chi connectivity index (χ1v) is 9.95. The van der Waals surface area contributed by atoms with E-state index in [1.54, 1.807) is 31.2 Å². The molecule has 1 atom stereocenters. The van der Waals surface area contributed by atoms with Crippen molar-refractivity contribution in [2.45, 2.75) is 43.4 Å². The highest BCUT2D eigenvalue weighted by atomic mass is 35.5. The van der Waals surface area contributed by atoms with Crippen LogP contribution in [0.3, 0.4) is 0 Å². The number of carbonyl (C=O) groups excluding carboxylic acids is 1. The number of hydrogen-bond acceptors (Lipinski definition) is 5. The zero-order valence-corrected chi connectivity index (χ0v) is 17.2. The molecule has 1 heterocycles. The smallest absolute Gasteiger partial charge is 0.237 e. The minimum absolute atomic E-state index is 0.217. The monoisotopic (exact) mass is 403 g/mol. The van der Waals surface area contributed by atoms with Crippen molar-refractivity contribution in [2.24, 2.45) is 0 Å². The van der Waals surface area contributed by atoms with E-state index in [0.29, 0.717) is 27.0 Å². The minimum atomic E-state index is -0.449. The van der Waals surface area contributed by atoms with E-state index in [4.69, 9.17) is 16.3 Å². The summed E-state index contributed by atoms with van der Waals surface area (Å²) in [6.45, 7) is 3.90. The molecular weight excluding hydrogens is 382 g/mol. The number of rotatable bonds is 8. The number of thioether (sulfide) groups is 1. The third-order valence-corrected chi connectivity index (χ3v) is 5.24. The quantitative estimate of drug-likeness (QED) is 0.622. The number of hydrogen-bond donors (Lipinski definition) is 1. The van der Waals surface area contributed by atoms with E-state index >= 15 is 0 Å². The molecular formula is C20H22ClN3O2S. The lowest BCUT2D eigenvalue weighted by Crippen LogP contribution is -2.23. The maximum atomic E-state index is 12.6. The molecule has 0 radical (unpaired) electrons. The van der Waals surface area contributed by atoms with Gasteiger partial charge in [-0.2, -0.15) is 5.26 Å². The summed E-state index contributed by atoms with van der Waals surface area (Å²) in [5.74, 6) is 0.313. The lowest BCUT2D eigenvalue weighted by molar-refractivity contribution is -0.115. The molecule has 1 unspecified atom stereocenters. The summed E-state index contributed by atoms with van der Waals surface area (Å²) in [6, 6.07) is 10.8. The Hall–Kier alpha value is -2.23. The van der Waals surface area contributed by atoms with Crippen LogP contribution in [0, 0.1) is 11.3 Å². The van der Waals surface area contributed by atoms with Gasteiger partial charge in [0.2, 0.25) is 5.91 Å². The molecule has 0 saturated carbocycles. The van der Waals surface area contributed by atoms with Gasteiger partial charge >= 0.3 is 0 Å². The minimum Gasteiger partial charge on any atom is -0.495 e. The number of aromatic nitrogens is 1. The lowest BCUT2D eigenvalue weighted by atomic mass is 10.2. The normalized spacial score (nSPS) is 11.5. The zero-order valence-electron chi connectivity index (χ0n) is 15.6. The number of benzene rings is 1. The summed E-state index contributed by atoms with van der Waals surface area (Å²) in [5.41, 5.74) is 1.91. The molecule has 5 nitrogen and oxygen atoms in total. The number of halogens is 1. The number of nitrogens with zero attached hydrogens (tertiary/aromatic N) is 2. The second-order valence-corrected chi connectivity index (χ2v) is 7.73. The average Bonchev–Trinajstić information content (AvgIpc) is 2.66. The molecule has 0 aliphatic carbocycles. The summed E-state index contributed by atoms with van der Waals surface area (Å²) < 4.78 is 5.25. The maximum absolute atomic E-state index is 12.6. The predicted octanol–water partition coefficient (Wildman–Crippen LogP) is 5.08. The van der Waals surface area contributed by atoms with E-state index in [2.05, 4.69) is 23.3 Å². The Balaban J connectivity index is 2.14. The Morgan fingerprint density at radius 3 is 2.85 bits per heavy atom. The Morgan fingerprint density at radius 2 is 2.19 bits per heavy atom. The molecule has 0 spiro atoms. The summed E-state index contributed by atoms with van der Waals surface area (Å²) >= 11 is 7.28. The zero-order chi connectivity index (χ0) is 19.8. The van der Waals surface area contributed by atoms with Crippen LogP contribution in [-0.4, -0.2) is 23.3 Å². The van der Waals surface area contributed by atoms with Crippen molar-refractivity contribution >= 4 is 35.0 Å². The first-order valence-electron chi connectivity index (χ1n) is 8.69. The van der Waals surface area contributed by atoms with Gasteiger partial charge < -0.3 is 10.1 Å². The van der Waals surface area contributed by atoms with Gasteiger partial charge in [-0.15, -0.1) is 0 Å². The highest BCUT2D eigenvalue weighted by Crippen LogP contribution is 2.30. The Bertz CT molecular complexity index is 852. The van der Waals surface area contributed by atoms with Crippen LogP contribution in [0.1, 0.15) is 37.9 Å². The topological polar surface area (TPSA) is 75.0 Å². The number of ether oxygens (including phenoxy) is 1. The van der Waals surface area contributed by atoms with Crippen molar-refractivity contribution in [3.63, 3.8) is 0 Å². The Labute approximate surface area is 169 Å². The van der Waals surface area contributed by atoms with Gasteiger partial charge in [0.15, 0.2) is 0 Å². The van der Waals surface area contributed by atoms with E-state index < -0.39 is 5.25 Å². The highest BCUT2D eigenvalue weighted by molar-refractivity contribution is 8.00. The number of anilines is 1. The van der Waals surface area contributed by atoms with E-state index in [-0.39, 0.29) is 5.91 Å². The van der Waals surface area contributed by atoms with Crippen LogP contribution < -0.4 is 10.1 Å². The first kappa shape index (κ1) is 21.1. The van der Waals surface area contributed by atoms with E-state index in [9.17, 15) is 10.1 Å². The van der Waals surface area contributed by atoms with Crippen LogP contribution in [0.15, 0.2) is 35.4 Å². The summed E-state index contributed by atoms with van der Waals surface area (Å²) in [4.78, 5) is 17.2. The summed E-state index contributed by atoms with van der Waals surface area (Å²) in [7, 11) is 1.53. The number of aryl methyl sites for hydroxylation is 1. The van der Waals surface area contributed by atoms with Crippen molar-refractivity contribution in [3.05, 3.63) is 46.6 Å². The lowest BCUT2D eigenvalue weighted by Gasteiger charge is -2.15. The highest BCUT2D eigenvalue weighted by Gasteiger charge is 2.19. The van der Waals surface area contributed by atoms with Crippen molar-refractivity contribution in [3.8, 4) is 11.8 Å². The fraction of sp³-hybridized carbons (Fsp3) is 0.350. The molecule has 2 aromatic rings. The van der Waals surface area contributed by atoms with Crippen LogP contribution >= 0.6 is 23.4 Å². The fourth-order valence-electron chi connectivity index (χ4n) is 2.38. The molecule has 7 heteroatoms. The SMILES string of the molecule is CCCCc1ccc(C#N)c(SC(C)C(=O)Nc2cc(Cl)ccc2OC)n1.